The Kier molecular flexibility index (Phi) is 6.77. The first kappa shape index (κ1) is 25.0. The zero-order valence-electron chi connectivity index (χ0n) is 19.3. The molecule has 182 valence electrons. The van der Waals surface area contributed by atoms with Gasteiger partial charge >= 0.3 is 4.87 Å². The number of carbonyl (C=O) groups is 1. The number of hydrogen-bond acceptors (Lipinski definition) is 5. The Balaban J connectivity index is 1.64. The van der Waals surface area contributed by atoms with Gasteiger partial charge in [-0.3, -0.25) is 18.9 Å². The van der Waals surface area contributed by atoms with Gasteiger partial charge in [0.1, 0.15) is 0 Å². The molecule has 10 heteroatoms. The summed E-state index contributed by atoms with van der Waals surface area (Å²) in [5, 5.41) is 3.45. The molecule has 0 aliphatic heterocycles. The molecule has 0 fully saturated rings. The van der Waals surface area contributed by atoms with Gasteiger partial charge < -0.3 is 5.32 Å². The topological polar surface area (TPSA) is 97.3 Å². The molecule has 3 aromatic carbocycles. The van der Waals surface area contributed by atoms with Crippen LogP contribution in [0.5, 0.6) is 0 Å². The summed E-state index contributed by atoms with van der Waals surface area (Å²) in [5.41, 5.74) is 1.44. The minimum atomic E-state index is -4.02. The van der Waals surface area contributed by atoms with Crippen LogP contribution in [0.4, 0.5) is 5.69 Å². The number of amides is 1. The van der Waals surface area contributed by atoms with Gasteiger partial charge in [0, 0.05) is 10.6 Å². The fraction of sp³-hybridized carbons (Fsp3) is 0.200. The van der Waals surface area contributed by atoms with Gasteiger partial charge in [0.15, 0.2) is 0 Å². The number of halogens is 1. The van der Waals surface area contributed by atoms with Crippen molar-refractivity contribution in [2.45, 2.75) is 37.8 Å². The van der Waals surface area contributed by atoms with Crippen molar-refractivity contribution in [2.75, 3.05) is 4.72 Å². The third-order valence-corrected chi connectivity index (χ3v) is 7.67. The molecule has 0 spiro atoms. The molecule has 35 heavy (non-hydrogen) atoms. The quantitative estimate of drug-likeness (QED) is 0.363. The molecule has 0 saturated carbocycles. The molecule has 0 aliphatic carbocycles. The Labute approximate surface area is 212 Å². The van der Waals surface area contributed by atoms with Crippen molar-refractivity contribution >= 4 is 54.8 Å². The molecule has 0 bridgehead atoms. The van der Waals surface area contributed by atoms with E-state index in [1.807, 2.05) is 32.9 Å². The summed E-state index contributed by atoms with van der Waals surface area (Å²) in [6, 6.07) is 18.2. The van der Waals surface area contributed by atoms with Gasteiger partial charge in [-0.15, -0.1) is 0 Å². The van der Waals surface area contributed by atoms with E-state index in [1.54, 1.807) is 41.0 Å². The van der Waals surface area contributed by atoms with Crippen LogP contribution in [0.1, 0.15) is 36.7 Å². The Morgan fingerprint density at radius 2 is 1.71 bits per heavy atom. The number of para-hydroxylation sites is 1. The molecule has 0 aliphatic rings. The lowest BCUT2D eigenvalue weighted by molar-refractivity contribution is 0.0920. The number of aromatic nitrogens is 1. The molecule has 1 amide bonds. The number of rotatable bonds is 6. The molecular formula is C25H24ClN3O4S2. The number of benzene rings is 3. The zero-order valence-corrected chi connectivity index (χ0v) is 21.7. The smallest absolute Gasteiger partial charge is 0.308 e. The van der Waals surface area contributed by atoms with Crippen molar-refractivity contribution in [3.8, 4) is 0 Å². The van der Waals surface area contributed by atoms with Crippen molar-refractivity contribution < 1.29 is 13.2 Å². The first-order valence-electron chi connectivity index (χ1n) is 10.8. The highest BCUT2D eigenvalue weighted by molar-refractivity contribution is 7.92. The Bertz CT molecular complexity index is 1570. The molecule has 4 rings (SSSR count). The van der Waals surface area contributed by atoms with E-state index < -0.39 is 15.6 Å². The number of nitrogens with one attached hydrogen (secondary N) is 2. The van der Waals surface area contributed by atoms with E-state index in [9.17, 15) is 18.0 Å². The van der Waals surface area contributed by atoms with Crippen molar-refractivity contribution in [1.29, 1.82) is 0 Å². The maximum absolute atomic E-state index is 13.2. The molecule has 4 aromatic rings. The average Bonchev–Trinajstić information content (AvgIpc) is 3.08. The minimum Gasteiger partial charge on any atom is -0.347 e. The first-order valence-corrected chi connectivity index (χ1v) is 13.4. The maximum atomic E-state index is 13.2. The van der Waals surface area contributed by atoms with E-state index >= 15 is 0 Å². The van der Waals surface area contributed by atoms with Crippen molar-refractivity contribution in [2.24, 2.45) is 0 Å². The summed E-state index contributed by atoms with van der Waals surface area (Å²) in [5.74, 6) is -0.385. The largest absolute Gasteiger partial charge is 0.347 e. The van der Waals surface area contributed by atoms with E-state index in [2.05, 4.69) is 10.0 Å². The second-order valence-corrected chi connectivity index (χ2v) is 12.2. The third kappa shape index (κ3) is 5.75. The number of nitrogens with zero attached hydrogens (tertiary/aromatic N) is 1. The van der Waals surface area contributed by atoms with Crippen molar-refractivity contribution in [1.82, 2.24) is 9.88 Å². The molecule has 7 nitrogen and oxygen atoms in total. The van der Waals surface area contributed by atoms with Crippen LogP contribution in [0, 0.1) is 0 Å². The Hall–Kier alpha value is -3.14. The highest BCUT2D eigenvalue weighted by atomic mass is 35.5. The number of sulfonamides is 1. The van der Waals surface area contributed by atoms with Gasteiger partial charge in [0.2, 0.25) is 0 Å². The van der Waals surface area contributed by atoms with Gasteiger partial charge in [-0.1, -0.05) is 47.2 Å². The molecule has 1 aromatic heterocycles. The predicted molar refractivity (Wildman–Crippen MR) is 141 cm³/mol. The lowest BCUT2D eigenvalue weighted by Crippen LogP contribution is -2.40. The first-order chi connectivity index (χ1) is 16.4. The van der Waals surface area contributed by atoms with Crippen LogP contribution in [0.25, 0.3) is 10.2 Å². The minimum absolute atomic E-state index is 0.00377. The van der Waals surface area contributed by atoms with Crippen LogP contribution in [0.3, 0.4) is 0 Å². The normalized spacial score (nSPS) is 12.0. The molecule has 2 N–H and O–H groups in total. The fourth-order valence-corrected chi connectivity index (χ4v) is 5.75. The number of thiazole rings is 1. The van der Waals surface area contributed by atoms with Crippen molar-refractivity contribution in [3.63, 3.8) is 0 Å². The summed E-state index contributed by atoms with van der Waals surface area (Å²) < 4.78 is 31.0. The van der Waals surface area contributed by atoms with E-state index in [4.69, 9.17) is 11.6 Å². The Morgan fingerprint density at radius 1 is 1.03 bits per heavy atom. The number of carbonyl (C=O) groups excluding carboxylic acids is 1. The van der Waals surface area contributed by atoms with Crippen LogP contribution in [-0.2, 0) is 16.6 Å². The SMILES string of the molecule is CC(C)(C)NC(=O)c1ccccc1NS(=O)(=O)c1ccc2c(c1)sc(=O)n2Cc1ccc(Cl)cc1. The van der Waals surface area contributed by atoms with Gasteiger partial charge in [0.05, 0.1) is 32.9 Å². The second-order valence-electron chi connectivity index (χ2n) is 9.07. The highest BCUT2D eigenvalue weighted by Crippen LogP contribution is 2.26. The molecule has 0 radical (unpaired) electrons. The maximum Gasteiger partial charge on any atom is 0.308 e. The number of fused-ring (bicyclic) bond motifs is 1. The summed E-state index contributed by atoms with van der Waals surface area (Å²) in [4.78, 5) is 25.1. The second kappa shape index (κ2) is 9.49. The van der Waals surface area contributed by atoms with Gasteiger partial charge in [-0.2, -0.15) is 0 Å². The zero-order chi connectivity index (χ0) is 25.4. The van der Waals surface area contributed by atoms with Gasteiger partial charge in [-0.25, -0.2) is 8.42 Å². The van der Waals surface area contributed by atoms with Crippen LogP contribution in [0.15, 0.2) is 76.4 Å². The van der Waals surface area contributed by atoms with Crippen LogP contribution in [0.2, 0.25) is 5.02 Å². The molecule has 0 unspecified atom stereocenters. The Morgan fingerprint density at radius 3 is 2.40 bits per heavy atom. The monoisotopic (exact) mass is 529 g/mol. The molecule has 0 saturated heterocycles. The lowest BCUT2D eigenvalue weighted by Gasteiger charge is -2.21. The van der Waals surface area contributed by atoms with Crippen LogP contribution >= 0.6 is 22.9 Å². The van der Waals surface area contributed by atoms with Gasteiger partial charge in [0.25, 0.3) is 15.9 Å². The van der Waals surface area contributed by atoms with E-state index in [-0.39, 0.29) is 26.9 Å². The standard InChI is InChI=1S/C25H24ClN3O4S2/c1-25(2,3)27-23(30)19-6-4-5-7-20(19)28-35(32,33)18-12-13-21-22(14-18)34-24(31)29(21)15-16-8-10-17(26)11-9-16/h4-14,28H,15H2,1-3H3,(H,27,30). The van der Waals surface area contributed by atoms with Crippen LogP contribution in [-0.4, -0.2) is 24.4 Å². The predicted octanol–water partition coefficient (Wildman–Crippen LogP) is 5.09. The number of anilines is 1. The van der Waals surface area contributed by atoms with Gasteiger partial charge in [-0.05, 0) is 68.8 Å². The molecule has 0 atom stereocenters. The summed E-state index contributed by atoms with van der Waals surface area (Å²) in [6.07, 6.45) is 0. The molecule has 1 heterocycles. The molecular weight excluding hydrogens is 506 g/mol. The lowest BCUT2D eigenvalue weighted by atomic mass is 10.1. The fourth-order valence-electron chi connectivity index (χ4n) is 3.52. The summed E-state index contributed by atoms with van der Waals surface area (Å²) >= 11 is 6.92. The van der Waals surface area contributed by atoms with E-state index in [0.29, 0.717) is 21.8 Å². The van der Waals surface area contributed by atoms with E-state index in [1.165, 1.54) is 18.2 Å². The number of hydrogen-bond donors (Lipinski definition) is 2. The third-order valence-electron chi connectivity index (χ3n) is 5.11. The summed E-state index contributed by atoms with van der Waals surface area (Å²) in [6.45, 7) is 5.88. The summed E-state index contributed by atoms with van der Waals surface area (Å²) in [7, 11) is -4.02. The average molecular weight is 530 g/mol. The van der Waals surface area contributed by atoms with Crippen molar-refractivity contribution in [3.05, 3.63) is 92.5 Å². The van der Waals surface area contributed by atoms with E-state index in [0.717, 1.165) is 16.9 Å². The highest BCUT2D eigenvalue weighted by Gasteiger charge is 2.22. The van der Waals surface area contributed by atoms with Crippen LogP contribution < -0.4 is 14.9 Å².